The lowest BCUT2D eigenvalue weighted by Crippen LogP contribution is -2.36. The number of hydrogen-bond acceptors (Lipinski definition) is 3. The second-order valence-electron chi connectivity index (χ2n) is 4.65. The van der Waals surface area contributed by atoms with Crippen LogP contribution in [0, 0.1) is 0 Å². The Labute approximate surface area is 148 Å². The number of benzene rings is 2. The van der Waals surface area contributed by atoms with Crippen molar-refractivity contribution < 1.29 is 13.2 Å². The number of rotatable bonds is 6. The van der Waals surface area contributed by atoms with E-state index in [9.17, 15) is 13.2 Å². The molecule has 2 aromatic rings. The number of sulfonamides is 1. The average molecular weight is 418 g/mol. The summed E-state index contributed by atoms with van der Waals surface area (Å²) in [6, 6.07) is 13.2. The topological polar surface area (TPSA) is 75.3 Å². The van der Waals surface area contributed by atoms with Gasteiger partial charge in [-0.3, -0.25) is 4.79 Å². The Hall–Kier alpha value is -1.41. The van der Waals surface area contributed by atoms with Gasteiger partial charge in [0.1, 0.15) is 0 Å². The molecule has 0 saturated heterocycles. The third-order valence-corrected chi connectivity index (χ3v) is 5.30. The Morgan fingerprint density at radius 2 is 1.74 bits per heavy atom. The molecule has 0 aliphatic rings. The predicted octanol–water partition coefficient (Wildman–Crippen LogP) is 2.70. The Morgan fingerprint density at radius 1 is 1.09 bits per heavy atom. The van der Waals surface area contributed by atoms with Crippen molar-refractivity contribution in [3.63, 3.8) is 0 Å². The molecule has 8 heteroatoms. The minimum Gasteiger partial charge on any atom is -0.351 e. The molecule has 122 valence electrons. The van der Waals surface area contributed by atoms with Crippen molar-refractivity contribution in [2.24, 2.45) is 0 Å². The molecule has 0 fully saturated rings. The number of halogens is 2. The zero-order chi connectivity index (χ0) is 16.9. The molecule has 0 radical (unpaired) electrons. The summed E-state index contributed by atoms with van der Waals surface area (Å²) in [5.74, 6) is -0.439. The summed E-state index contributed by atoms with van der Waals surface area (Å²) in [5, 5.41) is 3.16. The molecule has 5 nitrogen and oxygen atoms in total. The molecule has 0 aromatic heterocycles. The lowest BCUT2D eigenvalue weighted by molar-refractivity contribution is -0.120. The molecule has 0 aliphatic carbocycles. The quantitative estimate of drug-likeness (QED) is 0.759. The van der Waals surface area contributed by atoms with Crippen LogP contribution < -0.4 is 10.0 Å². The van der Waals surface area contributed by atoms with Gasteiger partial charge in [-0.1, -0.05) is 45.7 Å². The van der Waals surface area contributed by atoms with Gasteiger partial charge in [0.25, 0.3) is 0 Å². The van der Waals surface area contributed by atoms with Crippen molar-refractivity contribution >= 4 is 43.5 Å². The van der Waals surface area contributed by atoms with Crippen LogP contribution in [-0.4, -0.2) is 20.9 Å². The second-order valence-corrected chi connectivity index (χ2v) is 7.74. The van der Waals surface area contributed by atoms with Crippen molar-refractivity contribution in [1.29, 1.82) is 0 Å². The highest BCUT2D eigenvalue weighted by molar-refractivity contribution is 9.10. The third kappa shape index (κ3) is 5.31. The summed E-state index contributed by atoms with van der Waals surface area (Å²) in [7, 11) is -3.72. The molecule has 0 atom stereocenters. The second kappa shape index (κ2) is 7.92. The fourth-order valence-electron chi connectivity index (χ4n) is 1.76. The van der Waals surface area contributed by atoms with E-state index in [1.807, 2.05) is 6.07 Å². The Morgan fingerprint density at radius 3 is 2.39 bits per heavy atom. The fourth-order valence-corrected chi connectivity index (χ4v) is 3.20. The van der Waals surface area contributed by atoms with Crippen LogP contribution in [0.1, 0.15) is 5.56 Å². The number of carbonyl (C=O) groups is 1. The molecular weight excluding hydrogens is 404 g/mol. The zero-order valence-corrected chi connectivity index (χ0v) is 15.1. The lowest BCUT2D eigenvalue weighted by atomic mass is 10.2. The molecular formula is C15H14BrClN2O3S. The first-order valence-corrected chi connectivity index (χ1v) is 9.29. The molecule has 0 heterocycles. The maximum Gasteiger partial charge on any atom is 0.241 e. The lowest BCUT2D eigenvalue weighted by Gasteiger charge is -2.09. The van der Waals surface area contributed by atoms with Gasteiger partial charge >= 0.3 is 0 Å². The van der Waals surface area contributed by atoms with Gasteiger partial charge in [0.2, 0.25) is 15.9 Å². The van der Waals surface area contributed by atoms with E-state index >= 15 is 0 Å². The molecule has 2 N–H and O–H groups in total. The average Bonchev–Trinajstić information content (AvgIpc) is 2.53. The summed E-state index contributed by atoms with van der Waals surface area (Å²) in [6.45, 7) is -0.110. The standard InChI is InChI=1S/C15H14BrClN2O3S/c16-12-5-7-13(8-6-12)23(21,22)19-10-15(20)18-9-11-3-1-2-4-14(11)17/h1-8,19H,9-10H2,(H,18,20). The van der Waals surface area contributed by atoms with Gasteiger partial charge in [-0.2, -0.15) is 0 Å². The van der Waals surface area contributed by atoms with Crippen LogP contribution in [0.15, 0.2) is 57.9 Å². The maximum absolute atomic E-state index is 12.0. The molecule has 0 saturated carbocycles. The first kappa shape index (κ1) is 17.9. The summed E-state index contributed by atoms with van der Waals surface area (Å²) >= 11 is 9.22. The van der Waals surface area contributed by atoms with E-state index < -0.39 is 15.9 Å². The van der Waals surface area contributed by atoms with Crippen LogP contribution in [0.4, 0.5) is 0 Å². The van der Waals surface area contributed by atoms with Crippen LogP contribution in [-0.2, 0) is 21.4 Å². The SMILES string of the molecule is O=C(CNS(=O)(=O)c1ccc(Br)cc1)NCc1ccccc1Cl. The highest BCUT2D eigenvalue weighted by Crippen LogP contribution is 2.15. The minimum absolute atomic E-state index is 0.0969. The maximum atomic E-state index is 12.0. The molecule has 23 heavy (non-hydrogen) atoms. The largest absolute Gasteiger partial charge is 0.351 e. The monoisotopic (exact) mass is 416 g/mol. The van der Waals surface area contributed by atoms with Gasteiger partial charge in [-0.15, -0.1) is 0 Å². The third-order valence-electron chi connectivity index (χ3n) is 2.98. The van der Waals surface area contributed by atoms with E-state index in [-0.39, 0.29) is 18.0 Å². The molecule has 0 bridgehead atoms. The molecule has 0 aliphatic heterocycles. The van der Waals surface area contributed by atoms with Crippen LogP contribution in [0.5, 0.6) is 0 Å². The van der Waals surface area contributed by atoms with Crippen molar-refractivity contribution in [2.75, 3.05) is 6.54 Å². The number of amides is 1. The van der Waals surface area contributed by atoms with Crippen LogP contribution in [0.3, 0.4) is 0 Å². The van der Waals surface area contributed by atoms with Gasteiger partial charge in [-0.05, 0) is 35.9 Å². The molecule has 2 rings (SSSR count). The number of carbonyl (C=O) groups excluding carboxylic acids is 1. The number of nitrogens with one attached hydrogen (secondary N) is 2. The van der Waals surface area contributed by atoms with Gasteiger partial charge in [0.05, 0.1) is 11.4 Å². The molecule has 2 aromatic carbocycles. The summed E-state index contributed by atoms with van der Waals surface area (Å²) in [5.41, 5.74) is 0.762. The summed E-state index contributed by atoms with van der Waals surface area (Å²) in [6.07, 6.45) is 0. The highest BCUT2D eigenvalue weighted by Gasteiger charge is 2.15. The van der Waals surface area contributed by atoms with Crippen LogP contribution in [0.2, 0.25) is 5.02 Å². The summed E-state index contributed by atoms with van der Waals surface area (Å²) in [4.78, 5) is 11.9. The first-order chi connectivity index (χ1) is 10.9. The van der Waals surface area contributed by atoms with Gasteiger partial charge in [0.15, 0.2) is 0 Å². The van der Waals surface area contributed by atoms with E-state index in [2.05, 4.69) is 26.0 Å². The van der Waals surface area contributed by atoms with E-state index in [0.717, 1.165) is 10.0 Å². The van der Waals surface area contributed by atoms with Gasteiger partial charge in [0, 0.05) is 16.0 Å². The van der Waals surface area contributed by atoms with Crippen LogP contribution >= 0.6 is 27.5 Å². The molecule has 0 unspecified atom stereocenters. The molecule has 0 spiro atoms. The Balaban J connectivity index is 1.89. The zero-order valence-electron chi connectivity index (χ0n) is 11.9. The van der Waals surface area contributed by atoms with E-state index in [1.165, 1.54) is 12.1 Å². The Bertz CT molecular complexity index is 795. The first-order valence-electron chi connectivity index (χ1n) is 6.64. The van der Waals surface area contributed by atoms with Crippen molar-refractivity contribution in [1.82, 2.24) is 10.0 Å². The minimum atomic E-state index is -3.72. The predicted molar refractivity (Wildman–Crippen MR) is 92.6 cm³/mol. The van der Waals surface area contributed by atoms with Crippen LogP contribution in [0.25, 0.3) is 0 Å². The van der Waals surface area contributed by atoms with Gasteiger partial charge < -0.3 is 5.32 Å². The van der Waals surface area contributed by atoms with E-state index in [4.69, 9.17) is 11.6 Å². The Kier molecular flexibility index (Phi) is 6.17. The molecule has 1 amide bonds. The highest BCUT2D eigenvalue weighted by atomic mass is 79.9. The fraction of sp³-hybridized carbons (Fsp3) is 0.133. The van der Waals surface area contributed by atoms with Crippen molar-refractivity contribution in [3.8, 4) is 0 Å². The van der Waals surface area contributed by atoms with E-state index in [1.54, 1.807) is 30.3 Å². The summed E-state index contributed by atoms with van der Waals surface area (Å²) < 4.78 is 27.1. The normalized spacial score (nSPS) is 11.2. The smallest absolute Gasteiger partial charge is 0.241 e. The van der Waals surface area contributed by atoms with Crippen molar-refractivity contribution in [3.05, 3.63) is 63.6 Å². The van der Waals surface area contributed by atoms with Crippen molar-refractivity contribution in [2.45, 2.75) is 11.4 Å². The van der Waals surface area contributed by atoms with E-state index in [0.29, 0.717) is 5.02 Å². The number of hydrogen-bond donors (Lipinski definition) is 2. The van der Waals surface area contributed by atoms with Gasteiger partial charge in [-0.25, -0.2) is 13.1 Å².